The van der Waals surface area contributed by atoms with E-state index in [9.17, 15) is 9.59 Å². The van der Waals surface area contributed by atoms with E-state index in [0.29, 0.717) is 34.1 Å². The smallest absolute Gasteiger partial charge is 0.343 e. The molecule has 1 aliphatic rings. The molecule has 3 rings (SSSR count). The van der Waals surface area contributed by atoms with Crippen molar-refractivity contribution in [1.82, 2.24) is 0 Å². The van der Waals surface area contributed by atoms with E-state index >= 15 is 0 Å². The van der Waals surface area contributed by atoms with E-state index < -0.39 is 12.1 Å². The lowest BCUT2D eigenvalue weighted by Crippen LogP contribution is -2.15. The number of carbonyl (C=O) groups is 2. The van der Waals surface area contributed by atoms with Crippen molar-refractivity contribution >= 4 is 17.6 Å². The molecule has 1 amide bonds. The van der Waals surface area contributed by atoms with Crippen molar-refractivity contribution in [2.75, 3.05) is 26.6 Å². The molecule has 0 aliphatic carbocycles. The average molecular weight is 357 g/mol. The van der Waals surface area contributed by atoms with Crippen molar-refractivity contribution in [2.24, 2.45) is 0 Å². The van der Waals surface area contributed by atoms with E-state index in [4.69, 9.17) is 18.9 Å². The van der Waals surface area contributed by atoms with Crippen LogP contribution in [-0.2, 0) is 9.53 Å². The van der Waals surface area contributed by atoms with Gasteiger partial charge in [0.15, 0.2) is 11.5 Å². The molecular weight excluding hydrogens is 338 g/mol. The van der Waals surface area contributed by atoms with E-state index in [1.165, 1.54) is 14.2 Å². The van der Waals surface area contributed by atoms with Crippen LogP contribution in [-0.4, -0.2) is 33.2 Å². The molecule has 136 valence electrons. The molecule has 1 heterocycles. The predicted molar refractivity (Wildman–Crippen MR) is 93.9 cm³/mol. The molecule has 0 bridgehead atoms. The van der Waals surface area contributed by atoms with Gasteiger partial charge >= 0.3 is 5.97 Å². The zero-order valence-electron chi connectivity index (χ0n) is 14.7. The van der Waals surface area contributed by atoms with Gasteiger partial charge < -0.3 is 24.3 Å². The van der Waals surface area contributed by atoms with Gasteiger partial charge in [-0.1, -0.05) is 6.07 Å². The zero-order valence-corrected chi connectivity index (χ0v) is 14.7. The van der Waals surface area contributed by atoms with Crippen LogP contribution in [0.4, 0.5) is 5.69 Å². The molecule has 2 aromatic carbocycles. The number of nitrogens with one attached hydrogen (secondary N) is 1. The van der Waals surface area contributed by atoms with Crippen LogP contribution in [0.15, 0.2) is 36.4 Å². The summed E-state index contributed by atoms with van der Waals surface area (Å²) in [6.45, 7) is 0. The van der Waals surface area contributed by atoms with Gasteiger partial charge in [-0.15, -0.1) is 0 Å². The molecule has 0 radical (unpaired) electrons. The predicted octanol–water partition coefficient (Wildman–Crippen LogP) is 2.95. The van der Waals surface area contributed by atoms with E-state index in [1.54, 1.807) is 43.5 Å². The summed E-state index contributed by atoms with van der Waals surface area (Å²) in [6.07, 6.45) is -0.671. The molecule has 7 nitrogen and oxygen atoms in total. The monoisotopic (exact) mass is 357 g/mol. The quantitative estimate of drug-likeness (QED) is 0.801. The van der Waals surface area contributed by atoms with Crippen LogP contribution >= 0.6 is 0 Å². The first-order valence-corrected chi connectivity index (χ1v) is 7.97. The largest absolute Gasteiger partial charge is 0.497 e. The van der Waals surface area contributed by atoms with Crippen LogP contribution in [0.2, 0.25) is 0 Å². The van der Waals surface area contributed by atoms with Crippen LogP contribution in [0.25, 0.3) is 0 Å². The fourth-order valence-electron chi connectivity index (χ4n) is 2.88. The minimum atomic E-state index is -0.671. The zero-order chi connectivity index (χ0) is 18.7. The fraction of sp³-hybridized carbons (Fsp3) is 0.263. The summed E-state index contributed by atoms with van der Waals surface area (Å²) in [6, 6.07) is 10.4. The van der Waals surface area contributed by atoms with Gasteiger partial charge in [0.1, 0.15) is 17.4 Å². The molecule has 1 unspecified atom stereocenters. The number of fused-ring (bicyclic) bond motifs is 1. The number of rotatable bonds is 6. The summed E-state index contributed by atoms with van der Waals surface area (Å²) in [4.78, 5) is 24.6. The third kappa shape index (κ3) is 3.28. The highest BCUT2D eigenvalue weighted by Crippen LogP contribution is 2.43. The molecule has 7 heteroatoms. The minimum absolute atomic E-state index is 0.000250. The van der Waals surface area contributed by atoms with Crippen molar-refractivity contribution in [3.63, 3.8) is 0 Å². The lowest BCUT2D eigenvalue weighted by atomic mass is 10.0. The molecule has 0 spiro atoms. The molecule has 1 aliphatic heterocycles. The highest BCUT2D eigenvalue weighted by atomic mass is 16.6. The van der Waals surface area contributed by atoms with Crippen molar-refractivity contribution in [1.29, 1.82) is 0 Å². The SMILES string of the molecule is COc1ccc(NC(=O)CC2OC(=O)c3c2ccc(OC)c3OC)cc1. The van der Waals surface area contributed by atoms with Gasteiger partial charge in [0, 0.05) is 11.3 Å². The molecule has 0 saturated carbocycles. The van der Waals surface area contributed by atoms with Gasteiger partial charge in [-0.25, -0.2) is 4.79 Å². The number of amides is 1. The number of cyclic esters (lactones) is 1. The maximum atomic E-state index is 12.3. The van der Waals surface area contributed by atoms with Gasteiger partial charge in [0.25, 0.3) is 0 Å². The first-order chi connectivity index (χ1) is 12.6. The van der Waals surface area contributed by atoms with Gasteiger partial charge in [0.05, 0.1) is 27.8 Å². The van der Waals surface area contributed by atoms with E-state index in [-0.39, 0.29) is 12.3 Å². The molecule has 0 saturated heterocycles. The van der Waals surface area contributed by atoms with E-state index in [2.05, 4.69) is 5.32 Å². The molecule has 26 heavy (non-hydrogen) atoms. The normalized spacial score (nSPS) is 15.0. The maximum absolute atomic E-state index is 12.3. The number of hydrogen-bond donors (Lipinski definition) is 1. The average Bonchev–Trinajstić information content (AvgIpc) is 2.97. The summed E-state index contributed by atoms with van der Waals surface area (Å²) < 4.78 is 20.9. The molecular formula is C19H19NO6. The first kappa shape index (κ1) is 17.6. The first-order valence-electron chi connectivity index (χ1n) is 7.97. The summed E-state index contributed by atoms with van der Waals surface area (Å²) in [5.74, 6) is 0.649. The van der Waals surface area contributed by atoms with Crippen LogP contribution in [0.1, 0.15) is 28.4 Å². The van der Waals surface area contributed by atoms with Gasteiger partial charge in [-0.2, -0.15) is 0 Å². The number of anilines is 1. The number of benzene rings is 2. The molecule has 0 fully saturated rings. The highest BCUT2D eigenvalue weighted by molar-refractivity contribution is 5.99. The number of methoxy groups -OCH3 is 3. The minimum Gasteiger partial charge on any atom is -0.497 e. The molecule has 2 aromatic rings. The Hall–Kier alpha value is -3.22. The summed E-state index contributed by atoms with van der Waals surface area (Å²) in [5.41, 5.74) is 1.54. The molecule has 1 N–H and O–H groups in total. The number of ether oxygens (including phenoxy) is 4. The van der Waals surface area contributed by atoms with Gasteiger partial charge in [-0.05, 0) is 30.3 Å². The third-order valence-corrected chi connectivity index (χ3v) is 4.12. The number of esters is 1. The lowest BCUT2D eigenvalue weighted by molar-refractivity contribution is -0.118. The van der Waals surface area contributed by atoms with Crippen LogP contribution in [0, 0.1) is 0 Å². The second kappa shape index (κ2) is 7.35. The van der Waals surface area contributed by atoms with Crippen LogP contribution < -0.4 is 19.5 Å². The second-order valence-electron chi connectivity index (χ2n) is 5.64. The Labute approximate surface area is 150 Å². The Morgan fingerprint density at radius 1 is 1.04 bits per heavy atom. The fourth-order valence-corrected chi connectivity index (χ4v) is 2.88. The number of hydrogen-bond acceptors (Lipinski definition) is 6. The van der Waals surface area contributed by atoms with E-state index in [1.807, 2.05) is 0 Å². The maximum Gasteiger partial charge on any atom is 0.343 e. The summed E-state index contributed by atoms with van der Waals surface area (Å²) in [7, 11) is 4.52. The Morgan fingerprint density at radius 3 is 2.38 bits per heavy atom. The van der Waals surface area contributed by atoms with Crippen molar-refractivity contribution in [3.05, 3.63) is 47.5 Å². The standard InChI is InChI=1S/C19H19NO6/c1-23-12-6-4-11(5-7-12)20-16(21)10-15-13-8-9-14(24-2)18(25-3)17(13)19(22)26-15/h4-9,15H,10H2,1-3H3,(H,20,21). The second-order valence-corrected chi connectivity index (χ2v) is 5.64. The Balaban J connectivity index is 1.76. The Kier molecular flexibility index (Phi) is 4.97. The highest BCUT2D eigenvalue weighted by Gasteiger charge is 2.36. The topological polar surface area (TPSA) is 83.1 Å². The third-order valence-electron chi connectivity index (χ3n) is 4.12. The van der Waals surface area contributed by atoms with Crippen molar-refractivity contribution < 1.29 is 28.5 Å². The summed E-state index contributed by atoms with van der Waals surface area (Å²) >= 11 is 0. The molecule has 0 aromatic heterocycles. The van der Waals surface area contributed by atoms with Crippen LogP contribution in [0.3, 0.4) is 0 Å². The molecule has 1 atom stereocenters. The summed E-state index contributed by atoms with van der Waals surface area (Å²) in [5, 5.41) is 2.78. The Morgan fingerprint density at radius 2 is 1.77 bits per heavy atom. The van der Waals surface area contributed by atoms with Gasteiger partial charge in [0.2, 0.25) is 5.91 Å². The van der Waals surface area contributed by atoms with E-state index in [0.717, 1.165) is 0 Å². The van der Waals surface area contributed by atoms with Crippen molar-refractivity contribution in [2.45, 2.75) is 12.5 Å². The van der Waals surface area contributed by atoms with Gasteiger partial charge in [-0.3, -0.25) is 4.79 Å². The van der Waals surface area contributed by atoms with Crippen molar-refractivity contribution in [3.8, 4) is 17.2 Å². The lowest BCUT2D eigenvalue weighted by Gasteiger charge is -2.12. The Bertz CT molecular complexity index is 831. The number of carbonyl (C=O) groups excluding carboxylic acids is 2. The van der Waals surface area contributed by atoms with Crippen LogP contribution in [0.5, 0.6) is 17.2 Å².